The van der Waals surface area contributed by atoms with Gasteiger partial charge in [0.2, 0.25) is 5.91 Å². The number of fused-ring (bicyclic) bond motifs is 1. The van der Waals surface area contributed by atoms with Crippen LogP contribution >= 0.6 is 0 Å². The predicted octanol–water partition coefficient (Wildman–Crippen LogP) is 0.312. The number of aliphatic hydroxyl groups excluding tert-OH is 1. The van der Waals surface area contributed by atoms with E-state index >= 15 is 0 Å². The van der Waals surface area contributed by atoms with Crippen molar-refractivity contribution in [1.29, 1.82) is 0 Å². The molecule has 1 heterocycles. The number of amides is 1. The number of nitrogens with zero attached hydrogens (tertiary/aromatic N) is 1. The summed E-state index contributed by atoms with van der Waals surface area (Å²) >= 11 is 0. The highest BCUT2D eigenvalue weighted by Gasteiger charge is 2.45. The van der Waals surface area contributed by atoms with E-state index < -0.39 is 0 Å². The molecule has 4 fully saturated rings. The van der Waals surface area contributed by atoms with Gasteiger partial charge in [-0.1, -0.05) is 0 Å². The highest BCUT2D eigenvalue weighted by Crippen LogP contribution is 2.48. The van der Waals surface area contributed by atoms with Gasteiger partial charge in [0.25, 0.3) is 0 Å². The van der Waals surface area contributed by atoms with E-state index in [1.165, 1.54) is 19.3 Å². The zero-order valence-electron chi connectivity index (χ0n) is 14.6. The molecule has 0 radical (unpaired) electrons. The summed E-state index contributed by atoms with van der Waals surface area (Å²) in [7, 11) is 0. The summed E-state index contributed by atoms with van der Waals surface area (Å²) in [6.07, 6.45) is 9.22. The number of guanidine groups is 1. The number of primary amides is 1. The third-order valence-corrected chi connectivity index (χ3v) is 6.17. The summed E-state index contributed by atoms with van der Waals surface area (Å²) in [5.41, 5.74) is 6.30. The Hall–Kier alpha value is -1.60. The maximum atomic E-state index is 11.4. The van der Waals surface area contributed by atoms with Crippen molar-refractivity contribution in [3.05, 3.63) is 11.8 Å². The summed E-state index contributed by atoms with van der Waals surface area (Å²) in [6.45, 7) is 0. The zero-order valence-corrected chi connectivity index (χ0v) is 14.6. The minimum atomic E-state index is -0.336. The van der Waals surface area contributed by atoms with Crippen LogP contribution in [-0.4, -0.2) is 41.3 Å². The molecule has 0 aromatic carbocycles. The lowest BCUT2D eigenvalue weighted by atomic mass is 9.84. The molecule has 7 heteroatoms. The summed E-state index contributed by atoms with van der Waals surface area (Å²) < 4.78 is 0. The number of aliphatic imine (C=N–C) groups is 1. The van der Waals surface area contributed by atoms with Crippen molar-refractivity contribution in [3.8, 4) is 0 Å². The second kappa shape index (κ2) is 6.96. The highest BCUT2D eigenvalue weighted by atomic mass is 16.3. The predicted molar refractivity (Wildman–Crippen MR) is 95.4 cm³/mol. The van der Waals surface area contributed by atoms with Gasteiger partial charge >= 0.3 is 0 Å². The van der Waals surface area contributed by atoms with E-state index in [0.717, 1.165) is 49.1 Å². The second-order valence-electron chi connectivity index (χ2n) is 8.15. The number of rotatable bonds is 5. The van der Waals surface area contributed by atoms with Crippen molar-refractivity contribution >= 4 is 11.9 Å². The van der Waals surface area contributed by atoms with Gasteiger partial charge in [-0.3, -0.25) is 10.1 Å². The summed E-state index contributed by atoms with van der Waals surface area (Å²) in [5, 5.41) is 20.1. The maximum absolute atomic E-state index is 11.4. The summed E-state index contributed by atoms with van der Waals surface area (Å²) in [4.78, 5) is 16.2. The Kier molecular flexibility index (Phi) is 4.69. The third kappa shape index (κ3) is 3.82. The molecule has 1 amide bonds. The van der Waals surface area contributed by atoms with Gasteiger partial charge in [-0.25, -0.2) is 4.99 Å². The number of nitrogens with two attached hydrogens (primary N) is 1. The van der Waals surface area contributed by atoms with Crippen LogP contribution in [0.15, 0.2) is 16.8 Å². The van der Waals surface area contributed by atoms with Crippen molar-refractivity contribution in [2.45, 2.75) is 75.7 Å². The molecule has 6 N–H and O–H groups in total. The van der Waals surface area contributed by atoms with Gasteiger partial charge in [0.1, 0.15) is 6.17 Å². The highest BCUT2D eigenvalue weighted by molar-refractivity contribution is 5.84. The molecular weight excluding hydrogens is 318 g/mol. The Morgan fingerprint density at radius 3 is 2.84 bits per heavy atom. The van der Waals surface area contributed by atoms with Gasteiger partial charge in [-0.15, -0.1) is 0 Å². The molecule has 2 bridgehead atoms. The smallest absolute Gasteiger partial charge is 0.221 e. The van der Waals surface area contributed by atoms with E-state index in [9.17, 15) is 9.90 Å². The molecule has 0 spiro atoms. The minimum absolute atomic E-state index is 0.200. The molecule has 0 saturated heterocycles. The quantitative estimate of drug-likeness (QED) is 0.491. The molecule has 0 aromatic rings. The second-order valence-corrected chi connectivity index (χ2v) is 8.15. The Labute approximate surface area is 148 Å². The first-order valence-electron chi connectivity index (χ1n) is 9.59. The number of hydrogen-bond donors (Lipinski definition) is 5. The standard InChI is InChI=1S/C18H29N5O2/c19-16(25)7-12-9-20-18(21-13-2-1-3-14(24)8-13)23-17(12)22-15-6-10-4-11(15)5-10/h9-11,13-15,17,22,24H,1-8H2,(H2,19,25)(H2,20,21,23)/t10?,11?,13-,14+,15?,17?/m1/s1. The fraction of sp³-hybridized carbons (Fsp3) is 0.778. The van der Waals surface area contributed by atoms with Crippen molar-refractivity contribution < 1.29 is 9.90 Å². The molecule has 138 valence electrons. The molecular formula is C18H29N5O2. The molecule has 4 atom stereocenters. The van der Waals surface area contributed by atoms with Gasteiger partial charge in [0.05, 0.1) is 12.5 Å². The molecule has 7 nitrogen and oxygen atoms in total. The van der Waals surface area contributed by atoms with Crippen LogP contribution in [0, 0.1) is 11.8 Å². The van der Waals surface area contributed by atoms with E-state index in [1.807, 2.05) is 6.20 Å². The lowest BCUT2D eigenvalue weighted by Crippen LogP contribution is -2.50. The first-order chi connectivity index (χ1) is 12.1. The monoisotopic (exact) mass is 347 g/mol. The number of carbonyl (C=O) groups is 1. The molecule has 5 rings (SSSR count). The summed E-state index contributed by atoms with van der Waals surface area (Å²) in [5.74, 6) is 2.01. The minimum Gasteiger partial charge on any atom is -0.393 e. The van der Waals surface area contributed by atoms with Gasteiger partial charge in [-0.2, -0.15) is 0 Å². The van der Waals surface area contributed by atoms with E-state index in [-0.39, 0.29) is 30.6 Å². The topological polar surface area (TPSA) is 112 Å². The lowest BCUT2D eigenvalue weighted by molar-refractivity contribution is -0.117. The molecule has 25 heavy (non-hydrogen) atoms. The van der Waals surface area contributed by atoms with Crippen LogP contribution in [0.5, 0.6) is 0 Å². The van der Waals surface area contributed by atoms with Crippen molar-refractivity contribution in [3.63, 3.8) is 0 Å². The maximum Gasteiger partial charge on any atom is 0.221 e. The van der Waals surface area contributed by atoms with Crippen molar-refractivity contribution in [1.82, 2.24) is 16.0 Å². The van der Waals surface area contributed by atoms with Crippen LogP contribution in [-0.2, 0) is 4.79 Å². The van der Waals surface area contributed by atoms with Gasteiger partial charge in [0, 0.05) is 18.3 Å². The number of hydrogen-bond acceptors (Lipinski definition) is 6. The molecule has 2 unspecified atom stereocenters. The first-order valence-corrected chi connectivity index (χ1v) is 9.59. The van der Waals surface area contributed by atoms with Crippen LogP contribution in [0.4, 0.5) is 0 Å². The summed E-state index contributed by atoms with van der Waals surface area (Å²) in [6, 6.07) is 0.729. The fourth-order valence-electron chi connectivity index (χ4n) is 4.82. The molecule has 0 aromatic heterocycles. The van der Waals surface area contributed by atoms with Crippen LogP contribution < -0.4 is 21.7 Å². The van der Waals surface area contributed by atoms with E-state index in [1.54, 1.807) is 0 Å². The van der Waals surface area contributed by atoms with Crippen molar-refractivity contribution in [2.75, 3.05) is 0 Å². The van der Waals surface area contributed by atoms with E-state index in [2.05, 4.69) is 16.0 Å². The Morgan fingerprint density at radius 1 is 1.32 bits per heavy atom. The van der Waals surface area contributed by atoms with Crippen LogP contribution in [0.2, 0.25) is 0 Å². The fourth-order valence-corrected chi connectivity index (χ4v) is 4.82. The zero-order chi connectivity index (χ0) is 17.4. The van der Waals surface area contributed by atoms with Gasteiger partial charge in [0.15, 0.2) is 5.96 Å². The normalized spacial score (nSPS) is 39.7. The van der Waals surface area contributed by atoms with Crippen molar-refractivity contribution in [2.24, 2.45) is 22.6 Å². The SMILES string of the molecule is NC(=O)CC1=CNC(N[C@@H]2CCC[C@H](O)C2)=NC1NC1CC2CC1C2. The molecule has 5 aliphatic rings. The van der Waals surface area contributed by atoms with Crippen LogP contribution in [0.3, 0.4) is 0 Å². The largest absolute Gasteiger partial charge is 0.393 e. The average Bonchev–Trinajstić information content (AvgIpc) is 3.08. The first kappa shape index (κ1) is 16.8. The van der Waals surface area contributed by atoms with Gasteiger partial charge in [-0.05, 0) is 62.4 Å². The lowest BCUT2D eigenvalue weighted by Gasteiger charge is -2.32. The third-order valence-electron chi connectivity index (χ3n) is 6.17. The van der Waals surface area contributed by atoms with E-state index in [0.29, 0.717) is 6.04 Å². The van der Waals surface area contributed by atoms with Crippen LogP contribution in [0.25, 0.3) is 0 Å². The number of aliphatic hydroxyl groups is 1. The molecule has 4 saturated carbocycles. The number of carbonyl (C=O) groups excluding carboxylic acids is 1. The van der Waals surface area contributed by atoms with Crippen LogP contribution in [0.1, 0.15) is 51.4 Å². The average molecular weight is 347 g/mol. The Bertz CT molecular complexity index is 584. The Morgan fingerprint density at radius 2 is 2.16 bits per heavy atom. The van der Waals surface area contributed by atoms with Gasteiger partial charge < -0.3 is 21.5 Å². The van der Waals surface area contributed by atoms with E-state index in [4.69, 9.17) is 10.7 Å². The Balaban J connectivity index is 1.42. The molecule has 1 aliphatic heterocycles. The number of nitrogens with one attached hydrogen (secondary N) is 3. The molecule has 4 aliphatic carbocycles.